The first-order valence-corrected chi connectivity index (χ1v) is 17.2. The van der Waals surface area contributed by atoms with Crippen LogP contribution in [-0.2, 0) is 17.8 Å². The molecule has 50 heavy (non-hydrogen) atoms. The highest BCUT2D eigenvalue weighted by Gasteiger charge is 2.26. The number of carbonyl (C=O) groups is 2. The number of ether oxygens (including phenoxy) is 3. The van der Waals surface area contributed by atoms with Crippen LogP contribution >= 0.6 is 0 Å². The number of nitrogens with zero attached hydrogens (tertiary/aromatic N) is 1. The molecule has 2 unspecified atom stereocenters. The summed E-state index contributed by atoms with van der Waals surface area (Å²) in [5.74, 6) is 1.27. The van der Waals surface area contributed by atoms with Gasteiger partial charge in [-0.05, 0) is 90.8 Å². The zero-order valence-electron chi connectivity index (χ0n) is 29.0. The Labute approximate surface area is 294 Å². The van der Waals surface area contributed by atoms with Crippen molar-refractivity contribution < 1.29 is 23.8 Å². The van der Waals surface area contributed by atoms with Crippen molar-refractivity contribution in [1.82, 2.24) is 15.5 Å². The highest BCUT2D eigenvalue weighted by Crippen LogP contribution is 2.37. The first kappa shape index (κ1) is 34.5. The molecule has 258 valence electrons. The molecule has 0 aromatic heterocycles. The van der Waals surface area contributed by atoms with E-state index in [9.17, 15) is 9.59 Å². The summed E-state index contributed by atoms with van der Waals surface area (Å²) in [5, 5.41) is 7.66. The van der Waals surface area contributed by atoms with Crippen LogP contribution in [0.3, 0.4) is 0 Å². The maximum atomic E-state index is 14.4. The summed E-state index contributed by atoms with van der Waals surface area (Å²) in [7, 11) is 5.31. The maximum absolute atomic E-state index is 14.4. The molecule has 0 spiro atoms. The fourth-order valence-corrected chi connectivity index (χ4v) is 6.68. The molecule has 2 atom stereocenters. The highest BCUT2D eigenvalue weighted by molar-refractivity contribution is 6.12. The molecule has 1 heterocycles. The van der Waals surface area contributed by atoms with Gasteiger partial charge in [-0.15, -0.1) is 0 Å². The summed E-state index contributed by atoms with van der Waals surface area (Å²) >= 11 is 0. The third kappa shape index (κ3) is 8.44. The predicted octanol–water partition coefficient (Wildman–Crippen LogP) is 7.04. The van der Waals surface area contributed by atoms with Crippen LogP contribution in [0.15, 0.2) is 109 Å². The van der Waals surface area contributed by atoms with E-state index in [1.165, 1.54) is 6.42 Å². The number of nitrogens with one attached hydrogen (secondary N) is 2. The van der Waals surface area contributed by atoms with Gasteiger partial charge in [0, 0.05) is 30.5 Å². The van der Waals surface area contributed by atoms with Gasteiger partial charge in [0.05, 0.1) is 19.8 Å². The number of hydrogen-bond acceptors (Lipinski definition) is 6. The van der Waals surface area contributed by atoms with E-state index >= 15 is 0 Å². The predicted molar refractivity (Wildman–Crippen MR) is 198 cm³/mol. The molecule has 6 rings (SSSR count). The van der Waals surface area contributed by atoms with Crippen LogP contribution < -0.4 is 24.8 Å². The zero-order chi connectivity index (χ0) is 34.9. The van der Waals surface area contributed by atoms with E-state index in [4.69, 9.17) is 14.2 Å². The molecule has 1 fully saturated rings. The molecule has 1 saturated heterocycles. The van der Waals surface area contributed by atoms with Crippen molar-refractivity contribution in [3.63, 3.8) is 0 Å². The first-order valence-electron chi connectivity index (χ1n) is 17.2. The monoisotopic (exact) mass is 671 g/mol. The second-order valence-electron chi connectivity index (χ2n) is 12.8. The summed E-state index contributed by atoms with van der Waals surface area (Å²) in [6, 6.07) is 34.8. The molecule has 1 aliphatic heterocycles. The summed E-state index contributed by atoms with van der Waals surface area (Å²) in [5.41, 5.74) is 4.23. The quantitative estimate of drug-likeness (QED) is 0.132. The Morgan fingerprint density at radius 1 is 0.820 bits per heavy atom. The molecule has 0 aliphatic carbocycles. The normalized spacial score (nSPS) is 15.0. The Bertz CT molecular complexity index is 1900. The summed E-state index contributed by atoms with van der Waals surface area (Å²) in [6.07, 6.45) is 3.47. The van der Waals surface area contributed by atoms with Gasteiger partial charge in [0.25, 0.3) is 5.91 Å². The molecule has 0 bridgehead atoms. The van der Waals surface area contributed by atoms with Crippen LogP contribution in [0.5, 0.6) is 17.2 Å². The molecule has 8 heteroatoms. The molecule has 1 aliphatic rings. The number of amides is 2. The fraction of sp³-hybridized carbons (Fsp3) is 0.286. The van der Waals surface area contributed by atoms with Gasteiger partial charge in [-0.25, -0.2) is 0 Å². The molecule has 5 aromatic rings. The van der Waals surface area contributed by atoms with Crippen LogP contribution in [0, 0.1) is 0 Å². The number of likely N-dealkylation sites (tertiary alicyclic amines) is 1. The van der Waals surface area contributed by atoms with Crippen molar-refractivity contribution in [2.75, 3.05) is 34.4 Å². The van der Waals surface area contributed by atoms with Crippen LogP contribution in [-0.4, -0.2) is 63.2 Å². The van der Waals surface area contributed by atoms with Gasteiger partial charge in [0.1, 0.15) is 29.9 Å². The van der Waals surface area contributed by atoms with Crippen LogP contribution in [0.4, 0.5) is 0 Å². The Hall–Kier alpha value is -5.34. The van der Waals surface area contributed by atoms with Crippen LogP contribution in [0.25, 0.3) is 21.9 Å². The lowest BCUT2D eigenvalue weighted by Crippen LogP contribution is -2.48. The average Bonchev–Trinajstić information content (AvgIpc) is 3.57. The smallest absolute Gasteiger partial charge is 0.252 e. The topological polar surface area (TPSA) is 89.1 Å². The number of methoxy groups -OCH3 is 2. The minimum Gasteiger partial charge on any atom is -0.497 e. The minimum atomic E-state index is -0.820. The molecular formula is C42H45N3O5. The van der Waals surface area contributed by atoms with Gasteiger partial charge in [-0.1, -0.05) is 72.8 Å². The van der Waals surface area contributed by atoms with E-state index in [-0.39, 0.29) is 11.8 Å². The van der Waals surface area contributed by atoms with Gasteiger partial charge in [-0.3, -0.25) is 9.59 Å². The fourth-order valence-electron chi connectivity index (χ4n) is 6.68. The van der Waals surface area contributed by atoms with E-state index in [1.807, 2.05) is 103 Å². The van der Waals surface area contributed by atoms with Gasteiger partial charge in [0.2, 0.25) is 5.91 Å². The summed E-state index contributed by atoms with van der Waals surface area (Å²) in [4.78, 5) is 30.6. The van der Waals surface area contributed by atoms with Crippen molar-refractivity contribution in [3.8, 4) is 28.4 Å². The van der Waals surface area contributed by atoms with Crippen molar-refractivity contribution >= 4 is 22.6 Å². The molecule has 5 aromatic carbocycles. The van der Waals surface area contributed by atoms with Crippen molar-refractivity contribution in [2.45, 2.75) is 44.4 Å². The minimum absolute atomic E-state index is 0.222. The second-order valence-corrected chi connectivity index (χ2v) is 12.8. The van der Waals surface area contributed by atoms with Gasteiger partial charge in [0.15, 0.2) is 0 Å². The zero-order valence-corrected chi connectivity index (χ0v) is 29.0. The Balaban J connectivity index is 1.27. The molecular weight excluding hydrogens is 626 g/mol. The summed E-state index contributed by atoms with van der Waals surface area (Å²) < 4.78 is 17.3. The lowest BCUT2D eigenvalue weighted by Gasteiger charge is -2.22. The second kappa shape index (κ2) is 16.4. The molecule has 2 amide bonds. The number of carbonyl (C=O) groups excluding carboxylic acids is 2. The third-order valence-electron chi connectivity index (χ3n) is 9.48. The lowest BCUT2D eigenvalue weighted by atomic mass is 9.95. The van der Waals surface area contributed by atoms with Gasteiger partial charge < -0.3 is 29.7 Å². The van der Waals surface area contributed by atoms with E-state index in [2.05, 4.69) is 22.6 Å². The average molecular weight is 672 g/mol. The molecule has 2 N–H and O–H groups in total. The van der Waals surface area contributed by atoms with Gasteiger partial charge in [-0.2, -0.15) is 0 Å². The molecule has 0 radical (unpaired) electrons. The van der Waals surface area contributed by atoms with E-state index in [0.29, 0.717) is 48.1 Å². The van der Waals surface area contributed by atoms with Crippen molar-refractivity contribution in [1.29, 1.82) is 0 Å². The largest absolute Gasteiger partial charge is 0.497 e. The van der Waals surface area contributed by atoms with Crippen LogP contribution in [0.1, 0.15) is 40.7 Å². The van der Waals surface area contributed by atoms with E-state index < -0.39 is 6.04 Å². The Kier molecular flexibility index (Phi) is 11.3. The first-order chi connectivity index (χ1) is 24.4. The number of benzene rings is 5. The third-order valence-corrected chi connectivity index (χ3v) is 9.48. The lowest BCUT2D eigenvalue weighted by molar-refractivity contribution is -0.123. The van der Waals surface area contributed by atoms with E-state index in [1.54, 1.807) is 20.3 Å². The highest BCUT2D eigenvalue weighted by atomic mass is 16.5. The van der Waals surface area contributed by atoms with Gasteiger partial charge >= 0.3 is 0 Å². The number of hydrogen-bond donors (Lipinski definition) is 2. The standard InChI is InChI=1S/C42H45N3O5/c1-45-22-10-15-34(45)20-21-43-42(47)38(23-29-16-18-35(19-17-29)50-28-30-11-6-4-7-12-30)44-41(46)37-26-32(31-13-8-5-9-14-31)24-33-25-36(48-2)27-39(49-3)40(33)37/h4-9,11-14,16-19,24-27,34,38H,10,15,20-23,28H2,1-3H3,(H,43,47)(H,44,46). The molecule has 0 saturated carbocycles. The Morgan fingerprint density at radius 3 is 2.24 bits per heavy atom. The van der Waals surface area contributed by atoms with E-state index in [0.717, 1.165) is 52.8 Å². The molecule has 8 nitrogen and oxygen atoms in total. The van der Waals surface area contributed by atoms with Crippen molar-refractivity contribution in [3.05, 3.63) is 126 Å². The SMILES string of the molecule is COc1cc(OC)c2c(C(=O)NC(Cc3ccc(OCc4ccccc4)cc3)C(=O)NCCC3CCCN3C)cc(-c3ccccc3)cc2c1. The Morgan fingerprint density at radius 2 is 1.56 bits per heavy atom. The number of fused-ring (bicyclic) bond motifs is 1. The van der Waals surface area contributed by atoms with Crippen molar-refractivity contribution in [2.24, 2.45) is 0 Å². The summed E-state index contributed by atoms with van der Waals surface area (Å²) in [6.45, 7) is 2.07. The maximum Gasteiger partial charge on any atom is 0.252 e. The number of rotatable bonds is 14. The van der Waals surface area contributed by atoms with Crippen LogP contribution in [0.2, 0.25) is 0 Å².